The van der Waals surface area contributed by atoms with Crippen LogP contribution in [0.2, 0.25) is 10.0 Å². The molecule has 5 heterocycles. The molecule has 14 heteroatoms. The van der Waals surface area contributed by atoms with Gasteiger partial charge in [0.1, 0.15) is 17.3 Å². The Kier molecular flexibility index (Phi) is 10.5. The molecule has 12 rings (SSSR count). The van der Waals surface area contributed by atoms with Crippen LogP contribution >= 0.6 is 23.2 Å². The SMILES string of the molecule is O=C1CCC(N2Cc3c(C#CC4CCN(C56CCC(NC(=O)[C@@H]7NC8(CCCCC8)[C@@]8(C(=O)Nc9cc(Cl)ccc98)[C@H]7c7cccc(Cl)c7F)(CC5)CC6)CC4)cccc3C2=O)C(=O)N1. The Labute approximate surface area is 388 Å². The summed E-state index contributed by atoms with van der Waals surface area (Å²) in [7, 11) is 0. The van der Waals surface area contributed by atoms with Crippen LogP contribution < -0.4 is 21.3 Å². The van der Waals surface area contributed by atoms with Crippen molar-refractivity contribution in [2.75, 3.05) is 18.4 Å². The summed E-state index contributed by atoms with van der Waals surface area (Å²) >= 11 is 13.0. The fourth-order valence-electron chi connectivity index (χ4n) is 13.8. The van der Waals surface area contributed by atoms with E-state index in [1.54, 1.807) is 35.2 Å². The van der Waals surface area contributed by atoms with Gasteiger partial charge in [-0.2, -0.15) is 0 Å². The van der Waals surface area contributed by atoms with Crippen LogP contribution in [0.25, 0.3) is 0 Å². The molecular weight excluding hydrogens is 867 g/mol. The van der Waals surface area contributed by atoms with Crippen molar-refractivity contribution in [2.24, 2.45) is 5.92 Å². The Bertz CT molecular complexity index is 2590. The van der Waals surface area contributed by atoms with Crippen molar-refractivity contribution in [2.45, 2.75) is 143 Å². The molecular formula is C51H53Cl2FN6O5. The van der Waals surface area contributed by atoms with Crippen molar-refractivity contribution < 1.29 is 28.4 Å². The van der Waals surface area contributed by atoms with Gasteiger partial charge in [-0.3, -0.25) is 39.5 Å². The molecule has 65 heavy (non-hydrogen) atoms. The minimum absolute atomic E-state index is 0.0427. The minimum atomic E-state index is -1.28. The lowest BCUT2D eigenvalue weighted by Crippen LogP contribution is -2.66. The average Bonchev–Trinajstić information content (AvgIpc) is 3.91. The molecule has 4 N–H and O–H groups in total. The number of imide groups is 1. The van der Waals surface area contributed by atoms with E-state index in [0.29, 0.717) is 42.1 Å². The Morgan fingerprint density at radius 2 is 1.58 bits per heavy atom. The average molecular weight is 920 g/mol. The minimum Gasteiger partial charge on any atom is -0.349 e. The van der Waals surface area contributed by atoms with Crippen LogP contribution in [0, 0.1) is 23.6 Å². The van der Waals surface area contributed by atoms with Crippen LogP contribution in [0.4, 0.5) is 10.1 Å². The second-order valence-corrected chi connectivity index (χ2v) is 20.9. The molecule has 11 nitrogen and oxygen atoms in total. The number of fused-ring (bicyclic) bond motifs is 7. The van der Waals surface area contributed by atoms with Gasteiger partial charge in [-0.15, -0.1) is 0 Å². The highest BCUT2D eigenvalue weighted by Crippen LogP contribution is 2.63. The molecule has 5 amide bonds. The third kappa shape index (κ3) is 6.69. The van der Waals surface area contributed by atoms with E-state index in [0.717, 1.165) is 100 Å². The topological polar surface area (TPSA) is 140 Å². The summed E-state index contributed by atoms with van der Waals surface area (Å²) in [6.07, 6.45) is 11.9. The molecule has 338 valence electrons. The molecule has 0 radical (unpaired) electrons. The molecule has 4 atom stereocenters. The molecule has 5 aliphatic heterocycles. The first-order valence-corrected chi connectivity index (χ1v) is 24.3. The summed E-state index contributed by atoms with van der Waals surface area (Å²) < 4.78 is 16.5. The van der Waals surface area contributed by atoms with Crippen molar-refractivity contribution in [1.29, 1.82) is 0 Å². The van der Waals surface area contributed by atoms with Gasteiger partial charge in [-0.05, 0) is 131 Å². The van der Waals surface area contributed by atoms with Crippen molar-refractivity contribution in [3.05, 3.63) is 98.3 Å². The van der Waals surface area contributed by atoms with Crippen LogP contribution in [0.1, 0.15) is 135 Å². The van der Waals surface area contributed by atoms with Crippen LogP contribution in [0.3, 0.4) is 0 Å². The van der Waals surface area contributed by atoms with Crippen LogP contribution in [0.15, 0.2) is 54.6 Å². The maximum atomic E-state index is 16.5. The number of hydrogen-bond donors (Lipinski definition) is 4. The number of likely N-dealkylation sites (tertiary alicyclic amines) is 1. The fourth-order valence-corrected chi connectivity index (χ4v) is 14.1. The van der Waals surface area contributed by atoms with Crippen molar-refractivity contribution in [3.8, 4) is 11.8 Å². The lowest BCUT2D eigenvalue weighted by molar-refractivity contribution is -0.137. The number of benzene rings is 3. The number of carbonyl (C=O) groups excluding carboxylic acids is 5. The predicted octanol–water partition coefficient (Wildman–Crippen LogP) is 7.27. The number of hydrogen-bond acceptors (Lipinski definition) is 7. The third-order valence-corrected chi connectivity index (χ3v) is 17.6. The second kappa shape index (κ2) is 15.9. The van der Waals surface area contributed by atoms with E-state index >= 15 is 9.18 Å². The number of piperidine rings is 2. The highest BCUT2D eigenvalue weighted by molar-refractivity contribution is 6.31. The quantitative estimate of drug-likeness (QED) is 0.156. The van der Waals surface area contributed by atoms with Crippen molar-refractivity contribution >= 4 is 58.4 Å². The molecule has 7 fully saturated rings. The number of nitrogens with one attached hydrogen (secondary N) is 4. The van der Waals surface area contributed by atoms with Crippen LogP contribution in [0.5, 0.6) is 0 Å². The van der Waals surface area contributed by atoms with Gasteiger partial charge in [-0.1, -0.05) is 78.6 Å². The fraction of sp³-hybridized carbons (Fsp3) is 0.510. The van der Waals surface area contributed by atoms with Gasteiger partial charge in [0.2, 0.25) is 23.6 Å². The van der Waals surface area contributed by atoms with E-state index in [1.807, 2.05) is 18.2 Å². The maximum Gasteiger partial charge on any atom is 0.255 e. The van der Waals surface area contributed by atoms with Crippen LogP contribution in [-0.2, 0) is 31.1 Å². The lowest BCUT2D eigenvalue weighted by atomic mass is 9.55. The van der Waals surface area contributed by atoms with Crippen LogP contribution in [-0.4, -0.2) is 81.1 Å². The molecule has 3 saturated heterocycles. The predicted molar refractivity (Wildman–Crippen MR) is 244 cm³/mol. The molecule has 9 aliphatic rings. The van der Waals surface area contributed by atoms with E-state index in [1.165, 1.54) is 6.07 Å². The van der Waals surface area contributed by atoms with Gasteiger partial charge in [0.05, 0.1) is 11.1 Å². The number of nitrogens with zero attached hydrogens (tertiary/aromatic N) is 2. The smallest absolute Gasteiger partial charge is 0.255 e. The van der Waals surface area contributed by atoms with E-state index in [4.69, 9.17) is 23.2 Å². The summed E-state index contributed by atoms with van der Waals surface area (Å²) in [5.74, 6) is 4.33. The molecule has 2 bridgehead atoms. The van der Waals surface area contributed by atoms with E-state index in [-0.39, 0.29) is 52.1 Å². The number of halogens is 3. The molecule has 1 unspecified atom stereocenters. The Morgan fingerprint density at radius 1 is 0.846 bits per heavy atom. The largest absolute Gasteiger partial charge is 0.349 e. The summed E-state index contributed by atoms with van der Waals surface area (Å²) in [5, 5.41) is 13.3. The number of anilines is 1. The summed E-state index contributed by atoms with van der Waals surface area (Å²) in [4.78, 5) is 71.9. The summed E-state index contributed by atoms with van der Waals surface area (Å²) in [6, 6.07) is 14.4. The van der Waals surface area contributed by atoms with Gasteiger partial charge in [-0.25, -0.2) is 4.39 Å². The first kappa shape index (κ1) is 42.8. The standard InChI is InChI=1S/C51H53Cl2FN6O5/c52-32-12-13-36-38(28-32)55-47(65)51(36)41(34-8-5-9-37(53)42(34)54)43(57-50(51)18-2-1-3-19-50)45(63)58-48-20-23-49(24-21-48,25-22-48)59-26-16-30(17-27-59)10-11-31-6-4-7-33-35(31)29-60(46(33)64)39-14-15-40(61)56-44(39)62/h4-9,12-13,28,30,39,41,43,57H,1-3,14-27,29H2,(H,55,65)(H,58,63)(H,56,61,62)/t39?,41-,43+,48?,49?,51+/m0/s1. The normalized spacial score (nSPS) is 31.7. The third-order valence-electron chi connectivity index (χ3n) is 17.1. The van der Waals surface area contributed by atoms with E-state index in [2.05, 4.69) is 38.0 Å². The Balaban J connectivity index is 0.786. The second-order valence-electron chi connectivity index (χ2n) is 20.1. The van der Waals surface area contributed by atoms with Crippen molar-refractivity contribution in [1.82, 2.24) is 25.8 Å². The number of rotatable bonds is 5. The first-order chi connectivity index (χ1) is 31.4. The van der Waals surface area contributed by atoms with Gasteiger partial charge in [0.25, 0.3) is 5.91 Å². The number of carbonyl (C=O) groups is 5. The maximum absolute atomic E-state index is 16.5. The Morgan fingerprint density at radius 3 is 2.32 bits per heavy atom. The highest BCUT2D eigenvalue weighted by Gasteiger charge is 2.72. The number of amides is 5. The zero-order valence-electron chi connectivity index (χ0n) is 36.3. The molecule has 3 aromatic rings. The highest BCUT2D eigenvalue weighted by atomic mass is 35.5. The van der Waals surface area contributed by atoms with Gasteiger partial charge < -0.3 is 15.5 Å². The summed E-state index contributed by atoms with van der Waals surface area (Å²) in [5.41, 5.74) is 1.43. The monoisotopic (exact) mass is 918 g/mol. The lowest BCUT2D eigenvalue weighted by Gasteiger charge is -2.59. The summed E-state index contributed by atoms with van der Waals surface area (Å²) in [6.45, 7) is 2.17. The van der Waals surface area contributed by atoms with E-state index in [9.17, 15) is 19.2 Å². The van der Waals surface area contributed by atoms with Gasteiger partial charge in [0, 0.05) is 63.3 Å². The molecule has 4 saturated carbocycles. The molecule has 4 aliphatic carbocycles. The zero-order valence-corrected chi connectivity index (χ0v) is 37.8. The molecule has 2 spiro atoms. The molecule has 3 aromatic carbocycles. The Hall–Kier alpha value is -4.80. The molecule has 0 aromatic heterocycles. The van der Waals surface area contributed by atoms with Gasteiger partial charge in [0.15, 0.2) is 0 Å². The van der Waals surface area contributed by atoms with Crippen molar-refractivity contribution in [3.63, 3.8) is 0 Å². The van der Waals surface area contributed by atoms with E-state index < -0.39 is 46.2 Å². The van der Waals surface area contributed by atoms with Gasteiger partial charge >= 0.3 is 0 Å². The first-order valence-electron chi connectivity index (χ1n) is 23.5. The zero-order chi connectivity index (χ0) is 44.9.